The van der Waals surface area contributed by atoms with Crippen LogP contribution in [0.15, 0.2) is 81.4 Å². The third-order valence-corrected chi connectivity index (χ3v) is 7.16. The number of anilines is 2. The van der Waals surface area contributed by atoms with Gasteiger partial charge in [0.05, 0.1) is 21.2 Å². The predicted molar refractivity (Wildman–Crippen MR) is 141 cm³/mol. The third-order valence-electron chi connectivity index (χ3n) is 5.53. The fourth-order valence-corrected chi connectivity index (χ4v) is 5.32. The zero-order valence-electron chi connectivity index (χ0n) is 18.9. The van der Waals surface area contributed by atoms with Gasteiger partial charge in [0.15, 0.2) is 10.1 Å². The highest BCUT2D eigenvalue weighted by Gasteiger charge is 2.38. The van der Waals surface area contributed by atoms with Gasteiger partial charge in [0.1, 0.15) is 17.5 Å². The van der Waals surface area contributed by atoms with Gasteiger partial charge in [-0.25, -0.2) is 4.98 Å². The molecule has 3 aromatic carbocycles. The van der Waals surface area contributed by atoms with E-state index in [1.165, 1.54) is 17.4 Å². The van der Waals surface area contributed by atoms with Crippen molar-refractivity contribution >= 4 is 60.6 Å². The third kappa shape index (κ3) is 4.19. The van der Waals surface area contributed by atoms with E-state index in [9.17, 15) is 14.9 Å². The Morgan fingerprint density at radius 2 is 1.75 bits per heavy atom. The molecule has 1 aliphatic rings. The van der Waals surface area contributed by atoms with Crippen LogP contribution < -0.4 is 5.32 Å². The van der Waals surface area contributed by atoms with Gasteiger partial charge in [0, 0.05) is 17.8 Å². The maximum Gasteiger partial charge on any atom is 0.262 e. The predicted octanol–water partition coefficient (Wildman–Crippen LogP) is 7.22. The Balaban J connectivity index is 1.59. The lowest BCUT2D eigenvalue weighted by molar-refractivity contribution is 0.0662. The summed E-state index contributed by atoms with van der Waals surface area (Å²) < 4.78 is 0.267. The van der Waals surface area contributed by atoms with Crippen molar-refractivity contribution in [1.29, 1.82) is 5.26 Å². The molecule has 1 aliphatic heterocycles. The van der Waals surface area contributed by atoms with E-state index in [1.807, 2.05) is 60.7 Å². The molecular formula is C26H17BrN6O2S. The lowest BCUT2D eigenvalue weighted by Gasteiger charge is -2.09. The van der Waals surface area contributed by atoms with Gasteiger partial charge in [-0.2, -0.15) is 5.26 Å². The number of azo groups is 1. The average molecular weight is 557 g/mol. The number of hydrogen-bond donors (Lipinski definition) is 1. The van der Waals surface area contributed by atoms with Crippen LogP contribution in [0.2, 0.25) is 0 Å². The highest BCUT2D eigenvalue weighted by Crippen LogP contribution is 2.43. The number of hydrogen-bond acceptors (Lipinski definition) is 8. The van der Waals surface area contributed by atoms with Crippen molar-refractivity contribution in [3.63, 3.8) is 0 Å². The van der Waals surface area contributed by atoms with Gasteiger partial charge in [-0.1, -0.05) is 59.9 Å². The topological polar surface area (TPSA) is 111 Å². The molecule has 8 nitrogen and oxygen atoms in total. The maximum absolute atomic E-state index is 12.8. The molecule has 0 unspecified atom stereocenters. The molecule has 0 aliphatic carbocycles. The van der Waals surface area contributed by atoms with Crippen LogP contribution in [0.3, 0.4) is 0 Å². The number of aromatic nitrogens is 1. The van der Waals surface area contributed by atoms with E-state index in [0.29, 0.717) is 15.8 Å². The highest BCUT2D eigenvalue weighted by atomic mass is 79.9. The van der Waals surface area contributed by atoms with E-state index in [4.69, 9.17) is 4.98 Å². The molecule has 0 bridgehead atoms. The summed E-state index contributed by atoms with van der Waals surface area (Å²) in [6.45, 7) is 1.95. The molecule has 2 amide bonds. The van der Waals surface area contributed by atoms with Crippen LogP contribution in [-0.4, -0.2) is 28.2 Å². The van der Waals surface area contributed by atoms with Crippen LogP contribution in [0.25, 0.3) is 11.3 Å². The SMILES string of the molecule is CCN1C(=O)c2cc(C#N)c(N=Nc3sc(Nc4ccccc4)nc3-c3ccccc3)c(Br)c2C1=O. The van der Waals surface area contributed by atoms with Crippen LogP contribution in [0, 0.1) is 11.3 Å². The normalized spacial score (nSPS) is 12.8. The first-order chi connectivity index (χ1) is 17.5. The molecule has 5 rings (SSSR count). The Labute approximate surface area is 219 Å². The monoisotopic (exact) mass is 556 g/mol. The lowest BCUT2D eigenvalue weighted by atomic mass is 10.0. The molecular weight excluding hydrogens is 540 g/mol. The number of nitriles is 1. The van der Waals surface area contributed by atoms with Crippen molar-refractivity contribution in [2.24, 2.45) is 10.2 Å². The van der Waals surface area contributed by atoms with Crippen molar-refractivity contribution in [3.05, 3.63) is 87.9 Å². The summed E-state index contributed by atoms with van der Waals surface area (Å²) in [5, 5.41) is 23.0. The number of carbonyl (C=O) groups excluding carboxylic acids is 2. The van der Waals surface area contributed by atoms with E-state index in [1.54, 1.807) is 6.92 Å². The van der Waals surface area contributed by atoms with Gasteiger partial charge in [-0.15, -0.1) is 10.2 Å². The standard InChI is InChI=1S/C26H17BrN6O2S/c1-2-33-24(34)18-13-16(14-28)21(20(27)19(18)25(33)35)31-32-23-22(15-9-5-3-6-10-15)30-26(36-23)29-17-11-7-4-8-12-17/h3-13H,2H2,1H3,(H,29,30). The minimum Gasteiger partial charge on any atom is -0.331 e. The number of nitrogens with one attached hydrogen (secondary N) is 1. The summed E-state index contributed by atoms with van der Waals surface area (Å²) in [7, 11) is 0. The lowest BCUT2D eigenvalue weighted by Crippen LogP contribution is -2.29. The summed E-state index contributed by atoms with van der Waals surface area (Å²) in [5.74, 6) is -0.855. The Morgan fingerprint density at radius 1 is 1.06 bits per heavy atom. The minimum absolute atomic E-state index is 0.136. The first-order valence-electron chi connectivity index (χ1n) is 10.9. The van der Waals surface area contributed by atoms with Gasteiger partial charge < -0.3 is 5.32 Å². The van der Waals surface area contributed by atoms with Gasteiger partial charge in [0.25, 0.3) is 11.8 Å². The summed E-state index contributed by atoms with van der Waals surface area (Å²) >= 11 is 4.71. The number of thiazole rings is 1. The summed E-state index contributed by atoms with van der Waals surface area (Å²) in [5.41, 5.74) is 3.05. The summed E-state index contributed by atoms with van der Waals surface area (Å²) in [6, 6.07) is 22.7. The smallest absolute Gasteiger partial charge is 0.262 e. The molecule has 10 heteroatoms. The molecule has 0 atom stereocenters. The fourth-order valence-electron chi connectivity index (χ4n) is 3.82. The van der Waals surface area contributed by atoms with Crippen LogP contribution in [0.5, 0.6) is 0 Å². The van der Waals surface area contributed by atoms with Gasteiger partial charge in [-0.3, -0.25) is 14.5 Å². The summed E-state index contributed by atoms with van der Waals surface area (Å²) in [6.07, 6.45) is 0. The van der Waals surface area contributed by atoms with Crippen LogP contribution in [0.1, 0.15) is 33.2 Å². The highest BCUT2D eigenvalue weighted by molar-refractivity contribution is 9.10. The second-order valence-corrected chi connectivity index (χ2v) is 9.48. The molecule has 0 saturated carbocycles. The molecule has 0 fully saturated rings. The molecule has 36 heavy (non-hydrogen) atoms. The van der Waals surface area contributed by atoms with E-state index >= 15 is 0 Å². The second kappa shape index (κ2) is 9.81. The van der Waals surface area contributed by atoms with Crippen molar-refractivity contribution < 1.29 is 9.59 Å². The molecule has 0 spiro atoms. The largest absolute Gasteiger partial charge is 0.331 e. The maximum atomic E-state index is 12.8. The number of nitrogens with zero attached hydrogens (tertiary/aromatic N) is 5. The van der Waals surface area contributed by atoms with Crippen LogP contribution in [0.4, 0.5) is 21.5 Å². The van der Waals surface area contributed by atoms with Crippen molar-refractivity contribution in [2.75, 3.05) is 11.9 Å². The molecule has 1 aromatic heterocycles. The second-order valence-electron chi connectivity index (χ2n) is 7.71. The molecule has 4 aromatic rings. The van der Waals surface area contributed by atoms with E-state index in [0.717, 1.165) is 16.2 Å². The Kier molecular flexibility index (Phi) is 6.41. The summed E-state index contributed by atoms with van der Waals surface area (Å²) in [4.78, 5) is 31.3. The van der Waals surface area contributed by atoms with Crippen molar-refractivity contribution in [2.45, 2.75) is 6.92 Å². The van der Waals surface area contributed by atoms with Gasteiger partial charge in [-0.05, 0) is 41.1 Å². The van der Waals surface area contributed by atoms with Gasteiger partial charge in [0.2, 0.25) is 0 Å². The number of halogens is 1. The Bertz CT molecular complexity index is 1560. The molecule has 1 N–H and O–H groups in total. The molecule has 0 radical (unpaired) electrons. The zero-order chi connectivity index (χ0) is 25.2. The number of amides is 2. The first-order valence-corrected chi connectivity index (χ1v) is 12.6. The molecule has 0 saturated heterocycles. The zero-order valence-corrected chi connectivity index (χ0v) is 21.3. The number of carbonyl (C=O) groups is 2. The number of rotatable bonds is 6. The number of fused-ring (bicyclic) bond motifs is 1. The van der Waals surface area contributed by atoms with E-state index in [-0.39, 0.29) is 33.4 Å². The van der Waals surface area contributed by atoms with E-state index in [2.05, 4.69) is 37.5 Å². The quantitative estimate of drug-likeness (QED) is 0.199. The number of benzene rings is 3. The average Bonchev–Trinajstić information content (AvgIpc) is 3.41. The number of para-hydroxylation sites is 1. The molecule has 2 heterocycles. The van der Waals surface area contributed by atoms with Crippen molar-refractivity contribution in [3.8, 4) is 17.3 Å². The van der Waals surface area contributed by atoms with E-state index < -0.39 is 11.8 Å². The minimum atomic E-state index is -0.428. The van der Waals surface area contributed by atoms with Gasteiger partial charge >= 0.3 is 0 Å². The van der Waals surface area contributed by atoms with Crippen molar-refractivity contribution in [1.82, 2.24) is 9.88 Å². The number of imide groups is 1. The fraction of sp³-hybridized carbons (Fsp3) is 0.0769. The molecule has 176 valence electrons. The Morgan fingerprint density at radius 3 is 2.42 bits per heavy atom. The van der Waals surface area contributed by atoms with Crippen LogP contribution >= 0.6 is 27.3 Å². The first kappa shape index (κ1) is 23.5. The van der Waals surface area contributed by atoms with Crippen LogP contribution in [-0.2, 0) is 0 Å². The Hall–Kier alpha value is -4.20.